The molecule has 0 bridgehead atoms. The molecular weight excluding hydrogens is 656 g/mol. The van der Waals surface area contributed by atoms with Gasteiger partial charge in [-0.25, -0.2) is 0 Å². The average Bonchev–Trinajstić information content (AvgIpc) is 3.12. The van der Waals surface area contributed by atoms with Crippen molar-refractivity contribution >= 4 is 35.8 Å². The number of hydrogen-bond acceptors (Lipinski definition) is 12. The minimum Gasteiger partial charge on any atom is -0.504 e. The summed E-state index contributed by atoms with van der Waals surface area (Å²) in [6.45, 7) is 3.23. The Hall–Kier alpha value is -5.63. The van der Waals surface area contributed by atoms with Crippen molar-refractivity contribution in [3.63, 3.8) is 0 Å². The lowest BCUT2D eigenvalue weighted by Gasteiger charge is -2.27. The third kappa shape index (κ3) is 13.0. The number of benzene rings is 3. The fourth-order valence-electron chi connectivity index (χ4n) is 4.90. The van der Waals surface area contributed by atoms with Crippen molar-refractivity contribution in [3.8, 4) is 34.5 Å². The first kappa shape index (κ1) is 39.8. The zero-order valence-electron chi connectivity index (χ0n) is 28.5. The number of methoxy groups -OCH3 is 1. The number of rotatable bonds is 20. The number of phenols is 5. The molecule has 0 aromatic heterocycles. The summed E-state index contributed by atoms with van der Waals surface area (Å²) in [5.74, 6) is -3.59. The molecule has 0 saturated heterocycles. The van der Waals surface area contributed by atoms with Gasteiger partial charge in [0.1, 0.15) is 6.04 Å². The molecule has 272 valence electrons. The number of aromatic hydroxyl groups is 5. The lowest BCUT2D eigenvalue weighted by Crippen LogP contribution is -2.48. The van der Waals surface area contributed by atoms with E-state index >= 15 is 0 Å². The summed E-state index contributed by atoms with van der Waals surface area (Å²) in [6, 6.07) is 11.1. The molecule has 3 aromatic carbocycles. The molecular formula is C38H46N4O9. The van der Waals surface area contributed by atoms with Gasteiger partial charge in [0.2, 0.25) is 0 Å². The van der Waals surface area contributed by atoms with Crippen LogP contribution in [-0.4, -0.2) is 93.9 Å². The Morgan fingerprint density at radius 3 is 1.65 bits per heavy atom. The van der Waals surface area contributed by atoms with Crippen LogP contribution >= 0.6 is 0 Å². The van der Waals surface area contributed by atoms with E-state index in [2.05, 4.69) is 10.6 Å². The third-order valence-electron chi connectivity index (χ3n) is 7.70. The number of carbonyl (C=O) groups is 3. The largest absolute Gasteiger partial charge is 0.504 e. The van der Waals surface area contributed by atoms with E-state index in [0.717, 1.165) is 49.4 Å². The van der Waals surface area contributed by atoms with E-state index in [-0.39, 0.29) is 41.7 Å². The molecule has 0 saturated carbocycles. The van der Waals surface area contributed by atoms with Gasteiger partial charge in [0.25, 0.3) is 11.8 Å². The van der Waals surface area contributed by atoms with Crippen molar-refractivity contribution in [2.24, 2.45) is 5.73 Å². The second-order valence-corrected chi connectivity index (χ2v) is 11.5. The molecule has 0 radical (unpaired) electrons. The van der Waals surface area contributed by atoms with Gasteiger partial charge in [0, 0.05) is 12.2 Å². The number of phenolic OH excluding ortho intramolecular Hbond substituents is 5. The lowest BCUT2D eigenvalue weighted by atomic mass is 10.0. The molecule has 0 heterocycles. The summed E-state index contributed by atoms with van der Waals surface area (Å²) in [7, 11) is 1.38. The van der Waals surface area contributed by atoms with Crippen LogP contribution in [0.3, 0.4) is 0 Å². The molecule has 13 nitrogen and oxygen atoms in total. The number of nitrogens with one attached hydrogen (secondary N) is 2. The summed E-state index contributed by atoms with van der Waals surface area (Å²) in [5.41, 5.74) is 6.75. The third-order valence-corrected chi connectivity index (χ3v) is 7.70. The standard InChI is InChI=1S/C38H46N4O9/c1-51-36-25-28(8-14-33(36)46)10-16-38(50)42(37(49)15-9-27-7-13-32(45)35(48)24-27)29(17-22-41-20-3-2-19-40-21-4-18-39)30(43)11-5-26-6-12-31(44)34(47)23-26/h5-16,23-25,29,40-41,44-48H,2-4,17-22,39H2,1H3/b11-5+,15-9+,16-10+. The fraction of sp³-hybridized carbons (Fsp3) is 0.289. The van der Waals surface area contributed by atoms with Crippen LogP contribution in [0.5, 0.6) is 34.5 Å². The number of nitrogens with two attached hydrogens (primary N) is 1. The van der Waals surface area contributed by atoms with Crippen molar-refractivity contribution in [1.29, 1.82) is 0 Å². The van der Waals surface area contributed by atoms with Crippen LogP contribution in [0.4, 0.5) is 0 Å². The van der Waals surface area contributed by atoms with E-state index in [1.54, 1.807) is 6.07 Å². The first-order chi connectivity index (χ1) is 24.5. The predicted octanol–water partition coefficient (Wildman–Crippen LogP) is 3.65. The molecule has 0 fully saturated rings. The van der Waals surface area contributed by atoms with Crippen LogP contribution in [0, 0.1) is 0 Å². The van der Waals surface area contributed by atoms with Gasteiger partial charge in [-0.15, -0.1) is 0 Å². The molecule has 3 rings (SSSR count). The molecule has 0 aliphatic carbocycles. The normalized spacial score (nSPS) is 12.1. The Kier molecular flexibility index (Phi) is 16.2. The second-order valence-electron chi connectivity index (χ2n) is 11.5. The number of unbranched alkanes of at least 4 members (excludes halogenated alkanes) is 1. The van der Waals surface area contributed by atoms with Gasteiger partial charge in [-0.1, -0.05) is 24.3 Å². The van der Waals surface area contributed by atoms with E-state index in [4.69, 9.17) is 10.5 Å². The summed E-state index contributed by atoms with van der Waals surface area (Å²) >= 11 is 0. The fourth-order valence-corrected chi connectivity index (χ4v) is 4.90. The number of hydrogen-bond donors (Lipinski definition) is 8. The maximum atomic E-state index is 13.8. The summed E-state index contributed by atoms with van der Waals surface area (Å²) in [5, 5.41) is 55.7. The predicted molar refractivity (Wildman–Crippen MR) is 195 cm³/mol. The Morgan fingerprint density at radius 1 is 0.667 bits per heavy atom. The molecule has 9 N–H and O–H groups in total. The van der Waals surface area contributed by atoms with Gasteiger partial charge < -0.3 is 46.6 Å². The van der Waals surface area contributed by atoms with Crippen molar-refractivity contribution in [2.45, 2.75) is 31.7 Å². The molecule has 1 atom stereocenters. The number of ether oxygens (including phenoxy) is 1. The Bertz CT molecular complexity index is 1720. The first-order valence-corrected chi connectivity index (χ1v) is 16.5. The SMILES string of the molecule is COc1cc(/C=C/C(=O)N(C(=O)/C=C/c2ccc(O)c(O)c2)C(CCNCCCCNCCCN)C(=O)/C=C/c2ccc(O)c(O)c2)ccc1O. The summed E-state index contributed by atoms with van der Waals surface area (Å²) < 4.78 is 5.14. The average molecular weight is 703 g/mol. The smallest absolute Gasteiger partial charge is 0.254 e. The highest BCUT2D eigenvalue weighted by atomic mass is 16.5. The number of ketones is 1. The Morgan fingerprint density at radius 2 is 1.14 bits per heavy atom. The van der Waals surface area contributed by atoms with Crippen molar-refractivity contribution in [3.05, 3.63) is 89.5 Å². The minimum absolute atomic E-state index is 0.0605. The molecule has 0 spiro atoms. The second kappa shape index (κ2) is 20.8. The number of nitrogens with zero attached hydrogens (tertiary/aromatic N) is 1. The maximum absolute atomic E-state index is 13.8. The van der Waals surface area contributed by atoms with Crippen LogP contribution in [-0.2, 0) is 14.4 Å². The number of amides is 2. The maximum Gasteiger partial charge on any atom is 0.254 e. The van der Waals surface area contributed by atoms with E-state index < -0.39 is 29.4 Å². The van der Waals surface area contributed by atoms with E-state index in [1.807, 2.05) is 0 Å². The molecule has 0 aliphatic heterocycles. The summed E-state index contributed by atoms with van der Waals surface area (Å²) in [4.78, 5) is 42.3. The molecule has 1 unspecified atom stereocenters. The van der Waals surface area contributed by atoms with Crippen LogP contribution in [0.1, 0.15) is 42.4 Å². The van der Waals surface area contributed by atoms with Gasteiger partial charge in [-0.2, -0.15) is 0 Å². The number of imide groups is 1. The van der Waals surface area contributed by atoms with Gasteiger partial charge >= 0.3 is 0 Å². The minimum atomic E-state index is -1.27. The zero-order chi connectivity index (χ0) is 37.2. The van der Waals surface area contributed by atoms with E-state index in [9.17, 15) is 39.9 Å². The Labute approximate surface area is 297 Å². The van der Waals surface area contributed by atoms with Crippen LogP contribution in [0.25, 0.3) is 18.2 Å². The van der Waals surface area contributed by atoms with Gasteiger partial charge in [-0.3, -0.25) is 19.3 Å². The topological polar surface area (TPSA) is 215 Å². The van der Waals surface area contributed by atoms with Gasteiger partial charge in [0.05, 0.1) is 7.11 Å². The highest BCUT2D eigenvalue weighted by Gasteiger charge is 2.31. The molecule has 13 heteroatoms. The molecule has 0 aliphatic rings. The van der Waals surface area contributed by atoms with Gasteiger partial charge in [-0.05, 0) is 130 Å². The van der Waals surface area contributed by atoms with E-state index in [0.29, 0.717) is 29.8 Å². The molecule has 51 heavy (non-hydrogen) atoms. The first-order valence-electron chi connectivity index (χ1n) is 16.5. The van der Waals surface area contributed by atoms with Crippen molar-refractivity contribution in [2.75, 3.05) is 39.8 Å². The highest BCUT2D eigenvalue weighted by Crippen LogP contribution is 2.28. The molecule has 2 amide bonds. The zero-order valence-corrected chi connectivity index (χ0v) is 28.5. The van der Waals surface area contributed by atoms with Crippen molar-refractivity contribution < 1.29 is 44.7 Å². The molecule has 3 aromatic rings. The van der Waals surface area contributed by atoms with E-state index in [1.165, 1.54) is 79.9 Å². The lowest BCUT2D eigenvalue weighted by molar-refractivity contribution is -0.145. The van der Waals surface area contributed by atoms with Gasteiger partial charge in [0.15, 0.2) is 40.3 Å². The Balaban J connectivity index is 1.91. The summed E-state index contributed by atoms with van der Waals surface area (Å²) in [6.07, 6.45) is 10.3. The highest BCUT2D eigenvalue weighted by molar-refractivity contribution is 6.12. The van der Waals surface area contributed by atoms with Crippen LogP contribution in [0.2, 0.25) is 0 Å². The van der Waals surface area contributed by atoms with Crippen LogP contribution < -0.4 is 21.1 Å². The quantitative estimate of drug-likeness (QED) is 0.0481. The number of carbonyl (C=O) groups excluding carboxylic acids is 3. The monoisotopic (exact) mass is 702 g/mol. The van der Waals surface area contributed by atoms with Crippen molar-refractivity contribution in [1.82, 2.24) is 15.5 Å². The van der Waals surface area contributed by atoms with Crippen LogP contribution in [0.15, 0.2) is 72.8 Å².